The number of aromatic amines is 1. The number of nitrogens with zero attached hydrogens (tertiary/aromatic N) is 1. The summed E-state index contributed by atoms with van der Waals surface area (Å²) in [5.41, 5.74) is 2.11. The molecule has 0 aromatic carbocycles. The average molecular weight is 146 g/mol. The topological polar surface area (TPSA) is 28.7 Å². The van der Waals surface area contributed by atoms with E-state index >= 15 is 0 Å². The Hall–Kier alpha value is -1.23. The smallest absolute Gasteiger partial charge is 0.0654 e. The lowest BCUT2D eigenvalue weighted by Crippen LogP contribution is -2.10. The zero-order valence-corrected chi connectivity index (χ0v) is 6.30. The van der Waals surface area contributed by atoms with Gasteiger partial charge < -0.3 is 0 Å². The first-order chi connectivity index (χ1) is 5.42. The van der Waals surface area contributed by atoms with Crippen molar-refractivity contribution >= 4 is 0 Å². The summed E-state index contributed by atoms with van der Waals surface area (Å²) < 4.78 is 0. The lowest BCUT2D eigenvalue weighted by Gasteiger charge is -2.24. The molecule has 0 radical (unpaired) electrons. The minimum absolute atomic E-state index is 0.656. The van der Waals surface area contributed by atoms with Crippen molar-refractivity contribution in [3.63, 3.8) is 0 Å². The van der Waals surface area contributed by atoms with E-state index in [1.54, 1.807) is 6.20 Å². The van der Waals surface area contributed by atoms with Crippen LogP contribution in [0.2, 0.25) is 0 Å². The van der Waals surface area contributed by atoms with Crippen LogP contribution in [-0.4, -0.2) is 10.2 Å². The van der Waals surface area contributed by atoms with Crippen molar-refractivity contribution in [1.82, 2.24) is 10.2 Å². The lowest BCUT2D eigenvalue weighted by atomic mass is 9.82. The van der Waals surface area contributed by atoms with Crippen molar-refractivity contribution in [2.45, 2.75) is 25.2 Å². The van der Waals surface area contributed by atoms with Gasteiger partial charge in [-0.15, -0.1) is 6.42 Å². The fourth-order valence-electron chi connectivity index (χ4n) is 1.42. The van der Waals surface area contributed by atoms with Crippen molar-refractivity contribution in [2.24, 2.45) is 0 Å². The molecule has 1 aromatic rings. The van der Waals surface area contributed by atoms with Crippen molar-refractivity contribution < 1.29 is 0 Å². The van der Waals surface area contributed by atoms with E-state index in [-0.39, 0.29) is 0 Å². The van der Waals surface area contributed by atoms with Gasteiger partial charge in [0.05, 0.1) is 17.5 Å². The summed E-state index contributed by atoms with van der Waals surface area (Å²) in [6.45, 7) is 0. The summed E-state index contributed by atoms with van der Waals surface area (Å²) >= 11 is 0. The second kappa shape index (κ2) is 2.43. The third kappa shape index (κ3) is 0.932. The molecule has 1 fully saturated rings. The van der Waals surface area contributed by atoms with Crippen LogP contribution in [0.25, 0.3) is 0 Å². The third-order valence-electron chi connectivity index (χ3n) is 2.34. The minimum Gasteiger partial charge on any atom is -0.281 e. The first-order valence-electron chi connectivity index (χ1n) is 3.91. The van der Waals surface area contributed by atoms with Crippen LogP contribution in [0.3, 0.4) is 0 Å². The van der Waals surface area contributed by atoms with Crippen LogP contribution in [-0.2, 0) is 0 Å². The Labute approximate surface area is 66.0 Å². The Balaban J connectivity index is 2.29. The predicted molar refractivity (Wildman–Crippen MR) is 43.1 cm³/mol. The van der Waals surface area contributed by atoms with Crippen LogP contribution in [0.4, 0.5) is 0 Å². The number of nitrogens with one attached hydrogen (secondary N) is 1. The monoisotopic (exact) mass is 146 g/mol. The van der Waals surface area contributed by atoms with Gasteiger partial charge in [0.15, 0.2) is 0 Å². The Morgan fingerprint density at radius 2 is 2.45 bits per heavy atom. The Bertz CT molecular complexity index is 289. The second-order valence-corrected chi connectivity index (χ2v) is 2.97. The Morgan fingerprint density at radius 1 is 1.64 bits per heavy atom. The lowest BCUT2D eigenvalue weighted by molar-refractivity contribution is 0.410. The molecule has 0 bridgehead atoms. The second-order valence-electron chi connectivity index (χ2n) is 2.97. The molecule has 1 aliphatic carbocycles. The quantitative estimate of drug-likeness (QED) is 0.600. The highest BCUT2D eigenvalue weighted by Gasteiger charge is 2.22. The highest BCUT2D eigenvalue weighted by atomic mass is 15.1. The summed E-state index contributed by atoms with van der Waals surface area (Å²) in [6, 6.07) is 0. The molecule has 2 heteroatoms. The molecule has 0 amide bonds. The van der Waals surface area contributed by atoms with E-state index in [0.29, 0.717) is 5.92 Å². The SMILES string of the molecule is C#Cc1cn[nH]c1C1CCC1. The molecule has 0 atom stereocenters. The van der Waals surface area contributed by atoms with Crippen molar-refractivity contribution in [3.05, 3.63) is 17.5 Å². The van der Waals surface area contributed by atoms with Gasteiger partial charge in [0, 0.05) is 5.92 Å². The minimum atomic E-state index is 0.656. The molecule has 1 saturated carbocycles. The number of hydrogen-bond acceptors (Lipinski definition) is 1. The average Bonchev–Trinajstić information content (AvgIpc) is 2.32. The summed E-state index contributed by atoms with van der Waals surface area (Å²) in [5, 5.41) is 6.89. The van der Waals surface area contributed by atoms with Gasteiger partial charge in [-0.05, 0) is 12.8 Å². The van der Waals surface area contributed by atoms with Gasteiger partial charge in [-0.25, -0.2) is 0 Å². The van der Waals surface area contributed by atoms with Gasteiger partial charge in [0.25, 0.3) is 0 Å². The van der Waals surface area contributed by atoms with Crippen molar-refractivity contribution in [3.8, 4) is 12.3 Å². The fraction of sp³-hybridized carbons (Fsp3) is 0.444. The molecule has 2 rings (SSSR count). The molecule has 1 heterocycles. The molecule has 1 aromatic heterocycles. The predicted octanol–water partition coefficient (Wildman–Crippen LogP) is 1.66. The Kier molecular flexibility index (Phi) is 1.43. The van der Waals surface area contributed by atoms with Gasteiger partial charge in [-0.1, -0.05) is 12.3 Å². The molecule has 1 N–H and O–H groups in total. The van der Waals surface area contributed by atoms with Crippen molar-refractivity contribution in [2.75, 3.05) is 0 Å². The van der Waals surface area contributed by atoms with Crippen LogP contribution in [0.1, 0.15) is 36.4 Å². The van der Waals surface area contributed by atoms with E-state index in [1.807, 2.05) is 0 Å². The standard InChI is InChI=1S/C9H10N2/c1-2-7-6-10-11-9(7)8-4-3-5-8/h1,6,8H,3-5H2,(H,10,11). The molecular formula is C9H10N2. The van der Waals surface area contributed by atoms with Crippen molar-refractivity contribution in [1.29, 1.82) is 0 Å². The van der Waals surface area contributed by atoms with Gasteiger partial charge in [-0.2, -0.15) is 5.10 Å². The number of H-pyrrole nitrogens is 1. The number of rotatable bonds is 1. The van der Waals surface area contributed by atoms with Gasteiger partial charge >= 0.3 is 0 Å². The number of hydrogen-bond donors (Lipinski definition) is 1. The highest BCUT2D eigenvalue weighted by molar-refractivity contribution is 5.36. The highest BCUT2D eigenvalue weighted by Crippen LogP contribution is 2.36. The molecule has 1 aliphatic rings. The van der Waals surface area contributed by atoms with Crippen LogP contribution in [0.5, 0.6) is 0 Å². The maximum atomic E-state index is 5.30. The molecule has 56 valence electrons. The third-order valence-corrected chi connectivity index (χ3v) is 2.34. The zero-order chi connectivity index (χ0) is 7.68. The first kappa shape index (κ1) is 6.48. The van der Waals surface area contributed by atoms with E-state index in [9.17, 15) is 0 Å². The molecule has 0 spiro atoms. The van der Waals surface area contributed by atoms with Crippen LogP contribution >= 0.6 is 0 Å². The molecule has 2 nitrogen and oxygen atoms in total. The van der Waals surface area contributed by atoms with E-state index in [0.717, 1.165) is 5.56 Å². The van der Waals surface area contributed by atoms with Gasteiger partial charge in [-0.3, -0.25) is 5.10 Å². The molecule has 0 saturated heterocycles. The van der Waals surface area contributed by atoms with Crippen LogP contribution < -0.4 is 0 Å². The number of aromatic nitrogens is 2. The molecule has 0 unspecified atom stereocenters. The first-order valence-corrected chi connectivity index (χ1v) is 3.91. The van der Waals surface area contributed by atoms with E-state index in [4.69, 9.17) is 6.42 Å². The van der Waals surface area contributed by atoms with E-state index < -0.39 is 0 Å². The normalized spacial score (nSPS) is 17.4. The summed E-state index contributed by atoms with van der Waals surface area (Å²) in [7, 11) is 0. The molecular weight excluding hydrogens is 136 g/mol. The largest absolute Gasteiger partial charge is 0.281 e. The maximum absolute atomic E-state index is 5.30. The van der Waals surface area contributed by atoms with E-state index in [2.05, 4.69) is 16.1 Å². The molecule has 11 heavy (non-hydrogen) atoms. The summed E-state index contributed by atoms with van der Waals surface area (Å²) in [4.78, 5) is 0. The van der Waals surface area contributed by atoms with E-state index in [1.165, 1.54) is 25.0 Å². The summed E-state index contributed by atoms with van der Waals surface area (Å²) in [6.07, 6.45) is 10.9. The van der Waals surface area contributed by atoms with Crippen LogP contribution in [0, 0.1) is 12.3 Å². The maximum Gasteiger partial charge on any atom is 0.0654 e. The number of terminal acetylenes is 1. The zero-order valence-electron chi connectivity index (χ0n) is 6.30. The van der Waals surface area contributed by atoms with Gasteiger partial charge in [0.2, 0.25) is 0 Å². The van der Waals surface area contributed by atoms with Gasteiger partial charge in [0.1, 0.15) is 0 Å². The Morgan fingerprint density at radius 3 is 3.00 bits per heavy atom. The molecule has 0 aliphatic heterocycles. The fourth-order valence-corrected chi connectivity index (χ4v) is 1.42. The van der Waals surface area contributed by atoms with Crippen LogP contribution in [0.15, 0.2) is 6.20 Å². The summed E-state index contributed by atoms with van der Waals surface area (Å²) in [5.74, 6) is 3.29.